The Morgan fingerprint density at radius 1 is 1.43 bits per heavy atom. The first-order chi connectivity index (χ1) is 10.7. The van der Waals surface area contributed by atoms with E-state index in [0.717, 1.165) is 6.42 Å². The fourth-order valence-corrected chi connectivity index (χ4v) is 2.66. The lowest BCUT2D eigenvalue weighted by Gasteiger charge is -2.40. The van der Waals surface area contributed by atoms with E-state index < -0.39 is 24.2 Å². The van der Waals surface area contributed by atoms with Gasteiger partial charge in [0.25, 0.3) is 0 Å². The van der Waals surface area contributed by atoms with Crippen LogP contribution in [0.4, 0.5) is 0 Å². The number of carboxylic acids is 1. The molecule has 0 spiro atoms. The van der Waals surface area contributed by atoms with Crippen molar-refractivity contribution in [1.29, 1.82) is 0 Å². The summed E-state index contributed by atoms with van der Waals surface area (Å²) in [6.45, 7) is 7.44. The van der Waals surface area contributed by atoms with Crippen molar-refractivity contribution in [2.24, 2.45) is 28.3 Å². The van der Waals surface area contributed by atoms with Crippen LogP contribution in [0.5, 0.6) is 0 Å². The molecule has 0 aromatic carbocycles. The van der Waals surface area contributed by atoms with Crippen molar-refractivity contribution in [1.82, 2.24) is 5.32 Å². The minimum atomic E-state index is -1.19. The van der Waals surface area contributed by atoms with Crippen LogP contribution in [0.25, 0.3) is 0 Å². The van der Waals surface area contributed by atoms with Crippen molar-refractivity contribution in [3.63, 3.8) is 0 Å². The number of amides is 1. The SMILES string of the molecule is CCC(C)C(C)C1OC(C(=O)O)=CC(N=C(N)N)C1NC(C)=O. The first-order valence-corrected chi connectivity index (χ1v) is 7.64. The van der Waals surface area contributed by atoms with Crippen molar-refractivity contribution in [2.75, 3.05) is 0 Å². The number of nitrogens with zero attached hydrogens (tertiary/aromatic N) is 1. The molecule has 0 radical (unpaired) electrons. The van der Waals surface area contributed by atoms with Gasteiger partial charge in [-0.25, -0.2) is 9.79 Å². The van der Waals surface area contributed by atoms with Gasteiger partial charge in [0, 0.05) is 6.92 Å². The van der Waals surface area contributed by atoms with E-state index in [1.165, 1.54) is 13.0 Å². The number of carboxylic acid groups (broad SMARTS) is 1. The standard InChI is InChI=1S/C15H26N4O4/c1-5-7(2)8(3)13-12(18-9(4)20)10(19-15(16)17)6-11(23-13)14(21)22/h6-8,10,12-13H,5H2,1-4H3,(H,18,20)(H,21,22)(H4,16,17,19). The fourth-order valence-electron chi connectivity index (χ4n) is 2.66. The summed E-state index contributed by atoms with van der Waals surface area (Å²) in [4.78, 5) is 26.9. The maximum absolute atomic E-state index is 11.6. The molecule has 0 aromatic heterocycles. The van der Waals surface area contributed by atoms with Crippen LogP contribution in [0.15, 0.2) is 16.8 Å². The summed E-state index contributed by atoms with van der Waals surface area (Å²) in [5.74, 6) is -1.57. The van der Waals surface area contributed by atoms with Crippen LogP contribution in [0.2, 0.25) is 0 Å². The first kappa shape index (κ1) is 18.8. The summed E-state index contributed by atoms with van der Waals surface area (Å²) in [5, 5.41) is 12.0. The maximum atomic E-state index is 11.6. The Morgan fingerprint density at radius 2 is 2.04 bits per heavy atom. The van der Waals surface area contributed by atoms with Gasteiger partial charge >= 0.3 is 5.97 Å². The van der Waals surface area contributed by atoms with E-state index in [9.17, 15) is 14.7 Å². The van der Waals surface area contributed by atoms with Gasteiger partial charge in [-0.2, -0.15) is 0 Å². The molecule has 6 N–H and O–H groups in total. The quantitative estimate of drug-likeness (QED) is 0.405. The number of aliphatic imine (C=N–C) groups is 1. The summed E-state index contributed by atoms with van der Waals surface area (Å²) in [5.41, 5.74) is 10.9. The number of aliphatic carboxylic acids is 1. The van der Waals surface area contributed by atoms with E-state index in [1.807, 2.05) is 20.8 Å². The van der Waals surface area contributed by atoms with Gasteiger partial charge in [0.15, 0.2) is 5.96 Å². The highest BCUT2D eigenvalue weighted by molar-refractivity contribution is 5.85. The molecule has 1 aliphatic rings. The van der Waals surface area contributed by atoms with Crippen LogP contribution >= 0.6 is 0 Å². The van der Waals surface area contributed by atoms with Crippen molar-refractivity contribution in [3.8, 4) is 0 Å². The molecule has 23 heavy (non-hydrogen) atoms. The number of rotatable bonds is 6. The van der Waals surface area contributed by atoms with E-state index in [2.05, 4.69) is 10.3 Å². The molecule has 0 bridgehead atoms. The van der Waals surface area contributed by atoms with Crippen LogP contribution in [0, 0.1) is 11.8 Å². The lowest BCUT2D eigenvalue weighted by atomic mass is 9.82. The Balaban J connectivity index is 3.28. The molecule has 0 aliphatic carbocycles. The summed E-state index contributed by atoms with van der Waals surface area (Å²) in [6.07, 6.45) is 1.67. The number of guanidine groups is 1. The minimum absolute atomic E-state index is 0.00315. The Labute approximate surface area is 136 Å². The summed E-state index contributed by atoms with van der Waals surface area (Å²) in [7, 11) is 0. The van der Waals surface area contributed by atoms with Crippen molar-refractivity contribution in [2.45, 2.75) is 52.3 Å². The predicted molar refractivity (Wildman–Crippen MR) is 86.4 cm³/mol. The average molecular weight is 326 g/mol. The summed E-state index contributed by atoms with van der Waals surface area (Å²) >= 11 is 0. The van der Waals surface area contributed by atoms with E-state index in [1.54, 1.807) is 0 Å². The lowest BCUT2D eigenvalue weighted by Crippen LogP contribution is -2.56. The van der Waals surface area contributed by atoms with Crippen LogP contribution in [-0.2, 0) is 14.3 Å². The van der Waals surface area contributed by atoms with Crippen LogP contribution in [-0.4, -0.2) is 41.1 Å². The van der Waals surface area contributed by atoms with Gasteiger partial charge in [-0.05, 0) is 17.9 Å². The molecule has 0 saturated carbocycles. The second-order valence-corrected chi connectivity index (χ2v) is 5.93. The number of hydrogen-bond acceptors (Lipinski definition) is 4. The van der Waals surface area contributed by atoms with Crippen LogP contribution in [0.3, 0.4) is 0 Å². The molecule has 0 fully saturated rings. The van der Waals surface area contributed by atoms with Crippen molar-refractivity contribution >= 4 is 17.8 Å². The highest BCUT2D eigenvalue weighted by atomic mass is 16.5. The number of ether oxygens (including phenoxy) is 1. The van der Waals surface area contributed by atoms with E-state index >= 15 is 0 Å². The lowest BCUT2D eigenvalue weighted by molar-refractivity contribution is -0.140. The zero-order valence-electron chi connectivity index (χ0n) is 13.9. The third kappa shape index (κ3) is 4.87. The topological polar surface area (TPSA) is 140 Å². The zero-order chi connectivity index (χ0) is 17.7. The molecule has 0 aromatic rings. The molecule has 0 saturated heterocycles. The Bertz CT molecular complexity index is 514. The number of carbonyl (C=O) groups excluding carboxylic acids is 1. The fraction of sp³-hybridized carbons (Fsp3) is 0.667. The second kappa shape index (κ2) is 7.85. The van der Waals surface area contributed by atoms with Gasteiger partial charge in [0.1, 0.15) is 6.10 Å². The Kier molecular flexibility index (Phi) is 6.41. The molecule has 8 heteroatoms. The molecule has 130 valence electrons. The van der Waals surface area contributed by atoms with Gasteiger partial charge in [0.05, 0.1) is 12.1 Å². The monoisotopic (exact) mass is 326 g/mol. The summed E-state index contributed by atoms with van der Waals surface area (Å²) < 4.78 is 5.65. The smallest absolute Gasteiger partial charge is 0.370 e. The van der Waals surface area contributed by atoms with E-state index in [-0.39, 0.29) is 29.5 Å². The number of carbonyl (C=O) groups is 2. The molecule has 8 nitrogen and oxygen atoms in total. The third-order valence-corrected chi connectivity index (χ3v) is 4.25. The molecular formula is C15H26N4O4. The maximum Gasteiger partial charge on any atom is 0.370 e. The van der Waals surface area contributed by atoms with Gasteiger partial charge in [-0.1, -0.05) is 27.2 Å². The second-order valence-electron chi connectivity index (χ2n) is 5.93. The average Bonchev–Trinajstić information content (AvgIpc) is 2.45. The van der Waals surface area contributed by atoms with Crippen LogP contribution in [0.1, 0.15) is 34.1 Å². The van der Waals surface area contributed by atoms with Crippen molar-refractivity contribution < 1.29 is 19.4 Å². The number of nitrogens with one attached hydrogen (secondary N) is 1. The number of nitrogens with two attached hydrogens (primary N) is 2. The van der Waals surface area contributed by atoms with E-state index in [4.69, 9.17) is 16.2 Å². The number of hydrogen-bond donors (Lipinski definition) is 4. The molecule has 1 aliphatic heterocycles. The highest BCUT2D eigenvalue weighted by Gasteiger charge is 2.41. The van der Waals surface area contributed by atoms with Gasteiger partial charge < -0.3 is 26.6 Å². The normalized spacial score (nSPS) is 26.3. The molecule has 1 amide bonds. The zero-order valence-corrected chi connectivity index (χ0v) is 13.9. The highest BCUT2D eigenvalue weighted by Crippen LogP contribution is 2.30. The first-order valence-electron chi connectivity index (χ1n) is 7.64. The van der Waals surface area contributed by atoms with Gasteiger partial charge in [-0.3, -0.25) is 4.79 Å². The Morgan fingerprint density at radius 3 is 2.48 bits per heavy atom. The molecule has 1 rings (SSSR count). The largest absolute Gasteiger partial charge is 0.481 e. The molecule has 1 heterocycles. The third-order valence-electron chi connectivity index (χ3n) is 4.25. The molecule has 5 atom stereocenters. The van der Waals surface area contributed by atoms with E-state index in [0.29, 0.717) is 0 Å². The molecular weight excluding hydrogens is 300 g/mol. The summed E-state index contributed by atoms with van der Waals surface area (Å²) in [6, 6.07) is -1.23. The molecule has 5 unspecified atom stereocenters. The van der Waals surface area contributed by atoms with Crippen LogP contribution < -0.4 is 16.8 Å². The van der Waals surface area contributed by atoms with Gasteiger partial charge in [0.2, 0.25) is 11.7 Å². The minimum Gasteiger partial charge on any atom is -0.481 e. The Hall–Kier alpha value is -2.25. The predicted octanol–water partition coefficient (Wildman–Crippen LogP) is 0.183. The van der Waals surface area contributed by atoms with Crippen molar-refractivity contribution in [3.05, 3.63) is 11.8 Å². The van der Waals surface area contributed by atoms with Gasteiger partial charge in [-0.15, -0.1) is 0 Å².